The minimum atomic E-state index is 0.111. The standard InChI is InChI=1S/C12H15N2O/c1-10(15)11-3-2-4-12(9-11)14-7-5-13-6-8-14/h2-3,9,13H,5-8H2,1H3. The molecule has 3 heteroatoms. The molecule has 1 aliphatic heterocycles. The lowest BCUT2D eigenvalue weighted by Crippen LogP contribution is -2.43. The smallest absolute Gasteiger partial charge is 0.159 e. The fraction of sp³-hybridized carbons (Fsp3) is 0.417. The number of nitrogens with zero attached hydrogens (tertiary/aromatic N) is 1. The van der Waals surface area contributed by atoms with Crippen molar-refractivity contribution in [2.24, 2.45) is 0 Å². The first kappa shape index (κ1) is 10.2. The molecule has 1 saturated heterocycles. The van der Waals surface area contributed by atoms with Gasteiger partial charge in [-0.1, -0.05) is 12.1 Å². The molecule has 0 amide bonds. The van der Waals surface area contributed by atoms with Crippen LogP contribution in [0.4, 0.5) is 5.69 Å². The number of hydrogen-bond donors (Lipinski definition) is 1. The molecule has 1 aliphatic rings. The molecule has 0 unspecified atom stereocenters. The Labute approximate surface area is 90.1 Å². The molecule has 1 N–H and O–H groups in total. The monoisotopic (exact) mass is 203 g/mol. The van der Waals surface area contributed by atoms with Crippen molar-refractivity contribution in [1.29, 1.82) is 0 Å². The fourth-order valence-corrected chi connectivity index (χ4v) is 1.76. The Morgan fingerprint density at radius 3 is 2.87 bits per heavy atom. The van der Waals surface area contributed by atoms with Crippen LogP contribution in [0.2, 0.25) is 0 Å². The summed E-state index contributed by atoms with van der Waals surface area (Å²) < 4.78 is 0. The van der Waals surface area contributed by atoms with E-state index in [1.807, 2.05) is 18.2 Å². The van der Waals surface area contributed by atoms with Gasteiger partial charge in [-0.2, -0.15) is 0 Å². The second kappa shape index (κ2) is 4.45. The van der Waals surface area contributed by atoms with E-state index < -0.39 is 0 Å². The largest absolute Gasteiger partial charge is 0.368 e. The maximum absolute atomic E-state index is 11.2. The molecule has 0 bridgehead atoms. The molecule has 15 heavy (non-hydrogen) atoms. The second-order valence-electron chi connectivity index (χ2n) is 3.76. The average molecular weight is 203 g/mol. The molecule has 1 heterocycles. The maximum Gasteiger partial charge on any atom is 0.159 e. The molecular weight excluding hydrogens is 188 g/mol. The fourth-order valence-electron chi connectivity index (χ4n) is 1.76. The summed E-state index contributed by atoms with van der Waals surface area (Å²) in [6, 6.07) is 8.74. The number of rotatable bonds is 2. The van der Waals surface area contributed by atoms with Crippen LogP contribution in [0.5, 0.6) is 0 Å². The Morgan fingerprint density at radius 1 is 1.47 bits per heavy atom. The zero-order valence-corrected chi connectivity index (χ0v) is 8.92. The van der Waals surface area contributed by atoms with Gasteiger partial charge in [0.15, 0.2) is 5.78 Å². The Balaban J connectivity index is 2.19. The van der Waals surface area contributed by atoms with Gasteiger partial charge in [-0.3, -0.25) is 4.79 Å². The summed E-state index contributed by atoms with van der Waals surface area (Å²) in [6.45, 7) is 5.56. The number of nitrogens with one attached hydrogen (secondary N) is 1. The van der Waals surface area contributed by atoms with Gasteiger partial charge < -0.3 is 10.2 Å². The van der Waals surface area contributed by atoms with E-state index in [1.165, 1.54) is 0 Å². The van der Waals surface area contributed by atoms with Crippen LogP contribution in [0, 0.1) is 6.07 Å². The summed E-state index contributed by atoms with van der Waals surface area (Å²) >= 11 is 0. The molecule has 1 radical (unpaired) electrons. The molecular formula is C12H15N2O. The topological polar surface area (TPSA) is 32.3 Å². The lowest BCUT2D eigenvalue weighted by molar-refractivity contribution is 0.101. The molecule has 79 valence electrons. The average Bonchev–Trinajstić information content (AvgIpc) is 2.30. The van der Waals surface area contributed by atoms with Crippen LogP contribution in [-0.4, -0.2) is 32.0 Å². The van der Waals surface area contributed by atoms with E-state index in [1.54, 1.807) is 6.92 Å². The third-order valence-corrected chi connectivity index (χ3v) is 2.65. The van der Waals surface area contributed by atoms with E-state index in [0.29, 0.717) is 0 Å². The quantitative estimate of drug-likeness (QED) is 0.730. The Kier molecular flexibility index (Phi) is 3.02. The van der Waals surface area contributed by atoms with Gasteiger partial charge >= 0.3 is 0 Å². The van der Waals surface area contributed by atoms with Gasteiger partial charge in [0.25, 0.3) is 0 Å². The van der Waals surface area contributed by atoms with Crippen LogP contribution in [0.15, 0.2) is 18.2 Å². The number of piperazine rings is 1. The van der Waals surface area contributed by atoms with E-state index in [2.05, 4.69) is 16.3 Å². The summed E-state index contributed by atoms with van der Waals surface area (Å²) in [6.07, 6.45) is 0. The summed E-state index contributed by atoms with van der Waals surface area (Å²) in [4.78, 5) is 13.5. The van der Waals surface area contributed by atoms with Gasteiger partial charge in [0.2, 0.25) is 0 Å². The van der Waals surface area contributed by atoms with Gasteiger partial charge in [-0.05, 0) is 13.0 Å². The highest BCUT2D eigenvalue weighted by Crippen LogP contribution is 2.16. The number of anilines is 1. The first-order valence-electron chi connectivity index (χ1n) is 5.26. The lowest BCUT2D eigenvalue weighted by Gasteiger charge is -2.29. The molecule has 1 aromatic carbocycles. The van der Waals surface area contributed by atoms with E-state index in [4.69, 9.17) is 0 Å². The first-order valence-corrected chi connectivity index (χ1v) is 5.26. The van der Waals surface area contributed by atoms with Crippen LogP contribution in [0.3, 0.4) is 0 Å². The number of Topliss-reactive ketones (excluding diaryl/α,β-unsaturated/α-hetero) is 1. The molecule has 0 aromatic heterocycles. The maximum atomic E-state index is 11.2. The third kappa shape index (κ3) is 2.36. The minimum Gasteiger partial charge on any atom is -0.368 e. The van der Waals surface area contributed by atoms with Crippen LogP contribution < -0.4 is 10.2 Å². The first-order chi connectivity index (χ1) is 7.27. The van der Waals surface area contributed by atoms with Crippen molar-refractivity contribution in [2.45, 2.75) is 6.92 Å². The molecule has 1 aromatic rings. The molecule has 0 saturated carbocycles. The number of ketones is 1. The van der Waals surface area contributed by atoms with Gasteiger partial charge in [0, 0.05) is 43.5 Å². The Hall–Kier alpha value is -1.35. The second-order valence-corrected chi connectivity index (χ2v) is 3.76. The predicted octanol–water partition coefficient (Wildman–Crippen LogP) is 1.10. The molecule has 0 spiro atoms. The molecule has 2 rings (SSSR count). The number of hydrogen-bond acceptors (Lipinski definition) is 3. The van der Waals surface area contributed by atoms with Crippen LogP contribution in [-0.2, 0) is 0 Å². The Morgan fingerprint density at radius 2 is 2.20 bits per heavy atom. The molecule has 0 atom stereocenters. The van der Waals surface area contributed by atoms with Crippen LogP contribution >= 0.6 is 0 Å². The predicted molar refractivity (Wildman–Crippen MR) is 60.4 cm³/mol. The van der Waals surface area contributed by atoms with Gasteiger partial charge in [0.05, 0.1) is 0 Å². The van der Waals surface area contributed by atoms with Crippen molar-refractivity contribution in [2.75, 3.05) is 31.1 Å². The number of carbonyl (C=O) groups excluding carboxylic acids is 1. The van der Waals surface area contributed by atoms with E-state index in [-0.39, 0.29) is 5.78 Å². The Bertz CT molecular complexity index is 356. The highest BCUT2D eigenvalue weighted by molar-refractivity contribution is 5.94. The summed E-state index contributed by atoms with van der Waals surface area (Å²) in [5.41, 5.74) is 1.80. The van der Waals surface area contributed by atoms with Gasteiger partial charge in [-0.15, -0.1) is 0 Å². The van der Waals surface area contributed by atoms with Gasteiger partial charge in [0.1, 0.15) is 0 Å². The zero-order valence-electron chi connectivity index (χ0n) is 8.92. The minimum absolute atomic E-state index is 0.111. The molecule has 3 nitrogen and oxygen atoms in total. The third-order valence-electron chi connectivity index (χ3n) is 2.65. The highest BCUT2D eigenvalue weighted by Gasteiger charge is 2.11. The summed E-state index contributed by atoms with van der Waals surface area (Å²) in [5, 5.41) is 3.30. The number of carbonyl (C=O) groups is 1. The summed E-state index contributed by atoms with van der Waals surface area (Å²) in [5.74, 6) is 0.111. The normalized spacial score (nSPS) is 16.5. The van der Waals surface area contributed by atoms with E-state index in [9.17, 15) is 4.79 Å². The van der Waals surface area contributed by atoms with E-state index >= 15 is 0 Å². The highest BCUT2D eigenvalue weighted by atomic mass is 16.1. The molecule has 1 fully saturated rings. The summed E-state index contributed by atoms with van der Waals surface area (Å²) in [7, 11) is 0. The van der Waals surface area contributed by atoms with Crippen molar-refractivity contribution >= 4 is 11.5 Å². The van der Waals surface area contributed by atoms with Crippen molar-refractivity contribution in [1.82, 2.24) is 5.32 Å². The lowest BCUT2D eigenvalue weighted by atomic mass is 10.1. The van der Waals surface area contributed by atoms with Crippen LogP contribution in [0.1, 0.15) is 17.3 Å². The van der Waals surface area contributed by atoms with Crippen molar-refractivity contribution < 1.29 is 4.79 Å². The number of benzene rings is 1. The van der Waals surface area contributed by atoms with Crippen molar-refractivity contribution in [3.63, 3.8) is 0 Å². The molecule has 0 aliphatic carbocycles. The van der Waals surface area contributed by atoms with E-state index in [0.717, 1.165) is 37.4 Å². The zero-order chi connectivity index (χ0) is 10.7. The van der Waals surface area contributed by atoms with Gasteiger partial charge in [-0.25, -0.2) is 0 Å². The SMILES string of the molecule is CC(=O)c1cc[c]c(N2CCNCC2)c1. The van der Waals surface area contributed by atoms with Crippen LogP contribution in [0.25, 0.3) is 0 Å². The van der Waals surface area contributed by atoms with Crippen molar-refractivity contribution in [3.8, 4) is 0 Å². The van der Waals surface area contributed by atoms with Crippen molar-refractivity contribution in [3.05, 3.63) is 29.8 Å².